The summed E-state index contributed by atoms with van der Waals surface area (Å²) in [5.41, 5.74) is 11.0. The smallest absolute Gasteiger partial charge is 0.356 e. The van der Waals surface area contributed by atoms with Gasteiger partial charge in [0.1, 0.15) is 0 Å². The van der Waals surface area contributed by atoms with Gasteiger partial charge in [0.2, 0.25) is 11.9 Å². The lowest BCUT2D eigenvalue weighted by molar-refractivity contribution is 0.0585. The minimum absolute atomic E-state index is 0.0381. The summed E-state index contributed by atoms with van der Waals surface area (Å²) < 4.78 is 9.42. The Balaban J connectivity index is 0.000000132. The first-order valence-corrected chi connectivity index (χ1v) is 17.2. The molecule has 4 aliphatic heterocycles. The number of carbonyl (C=O) groups excluding carboxylic acids is 3. The zero-order chi connectivity index (χ0) is 37.3. The largest absolute Gasteiger partial charge is 0.464 e. The number of nitrogens with zero attached hydrogens (tertiary/aromatic N) is 9. The van der Waals surface area contributed by atoms with Crippen LogP contribution >= 0.6 is 0 Å². The molecular formula is C35H36N14O5. The molecule has 0 aromatic carbocycles. The molecule has 4 aliphatic rings. The Kier molecular flexibility index (Phi) is 8.94. The highest BCUT2D eigenvalue weighted by atomic mass is 16.5. The fraction of sp³-hybridized carbons (Fsp3) is 0.286. The molecule has 2 fully saturated rings. The van der Waals surface area contributed by atoms with E-state index < -0.39 is 11.9 Å². The van der Waals surface area contributed by atoms with Gasteiger partial charge < -0.3 is 40.3 Å². The number of amides is 2. The number of fused-ring (bicyclic) bond motifs is 10. The number of methoxy groups -OCH3 is 2. The zero-order valence-electron chi connectivity index (χ0n) is 29.3. The minimum atomic E-state index is -0.544. The fourth-order valence-corrected chi connectivity index (χ4v) is 6.93. The third-order valence-corrected chi connectivity index (χ3v) is 9.54. The van der Waals surface area contributed by atoms with Gasteiger partial charge in [0, 0.05) is 44.6 Å². The van der Waals surface area contributed by atoms with Gasteiger partial charge in [0.25, 0.3) is 0 Å². The Morgan fingerprint density at radius 3 is 2.17 bits per heavy atom. The number of nitrogen functional groups attached to an aromatic ring is 1. The average Bonchev–Trinajstić information content (AvgIpc) is 4.02. The number of anilines is 6. The Morgan fingerprint density at radius 1 is 0.778 bits per heavy atom. The maximum absolute atomic E-state index is 13.1. The normalized spacial score (nSPS) is 17.3. The van der Waals surface area contributed by atoms with Gasteiger partial charge in [-0.05, 0) is 49.2 Å². The summed E-state index contributed by atoms with van der Waals surface area (Å²) in [6.07, 6.45) is 8.79. The molecule has 19 nitrogen and oxygen atoms in total. The first-order valence-electron chi connectivity index (χ1n) is 17.2. The zero-order valence-corrected chi connectivity index (χ0v) is 29.3. The molecule has 10 rings (SSSR count). The van der Waals surface area contributed by atoms with E-state index in [9.17, 15) is 14.4 Å². The van der Waals surface area contributed by atoms with Crippen LogP contribution in [0.15, 0.2) is 61.2 Å². The molecule has 0 unspecified atom stereocenters. The van der Waals surface area contributed by atoms with Gasteiger partial charge in [0.05, 0.1) is 66.1 Å². The number of hydrogen-bond donors (Lipinski definition) is 5. The topological polar surface area (TPSA) is 238 Å². The second-order valence-electron chi connectivity index (χ2n) is 12.8. The summed E-state index contributed by atoms with van der Waals surface area (Å²) in [5.74, 6) is 0.832. The predicted molar refractivity (Wildman–Crippen MR) is 200 cm³/mol. The molecule has 6 aromatic rings. The molecule has 4 bridgehead atoms. The summed E-state index contributed by atoms with van der Waals surface area (Å²) >= 11 is 0. The molecule has 19 heteroatoms. The van der Waals surface area contributed by atoms with Crippen LogP contribution in [0, 0.1) is 0 Å². The van der Waals surface area contributed by atoms with Crippen LogP contribution in [0.4, 0.5) is 39.7 Å². The maximum atomic E-state index is 13.1. The standard InChI is InChI=1S/C18H17N7O3.C11H13N3O2.C6H6N4/c1-28-16(26)12-2-3-14-15(21-12)25(10-5-7-24(14)9-10)18(27)23-17-20-8-13-11(22-17)4-6-19-13;1-16-11(15)8-2-3-9-10(13-8)12-7-4-5-14(9)6-7;7-6-9-3-5-4(10-6)1-2-8-5/h2-4,6,8,10,19H,5,7,9H2,1H3,(H,20,22,23,27);2-3,7H,4-6H2,1H3,(H,12,13);1-3,8H,(H2,7,9,10)/t10-;7-;/m00./s1. The molecular weight excluding hydrogens is 696 g/mol. The number of urea groups is 1. The molecule has 0 saturated carbocycles. The van der Waals surface area contributed by atoms with Crippen LogP contribution in [-0.2, 0) is 9.47 Å². The lowest BCUT2D eigenvalue weighted by atomic mass is 10.2. The minimum Gasteiger partial charge on any atom is -0.464 e. The molecule has 0 aliphatic carbocycles. The van der Waals surface area contributed by atoms with Crippen LogP contribution in [0.2, 0.25) is 0 Å². The van der Waals surface area contributed by atoms with Crippen LogP contribution in [0.5, 0.6) is 0 Å². The molecule has 6 N–H and O–H groups in total. The van der Waals surface area contributed by atoms with Gasteiger partial charge in [-0.15, -0.1) is 0 Å². The van der Waals surface area contributed by atoms with E-state index in [0.717, 1.165) is 72.8 Å². The van der Waals surface area contributed by atoms with E-state index in [1.165, 1.54) is 14.2 Å². The van der Waals surface area contributed by atoms with E-state index in [-0.39, 0.29) is 23.7 Å². The van der Waals surface area contributed by atoms with E-state index in [1.807, 2.05) is 18.2 Å². The summed E-state index contributed by atoms with van der Waals surface area (Å²) in [4.78, 5) is 73.4. The van der Waals surface area contributed by atoms with Crippen molar-refractivity contribution < 1.29 is 23.9 Å². The lowest BCUT2D eigenvalue weighted by Crippen LogP contribution is -2.48. The molecule has 2 atom stereocenters. The van der Waals surface area contributed by atoms with E-state index in [0.29, 0.717) is 29.0 Å². The van der Waals surface area contributed by atoms with Gasteiger partial charge in [-0.25, -0.2) is 44.3 Å². The number of carbonyl (C=O) groups is 3. The number of H-pyrrole nitrogens is 2. The molecule has 0 spiro atoms. The number of nitrogens with two attached hydrogens (primary N) is 1. The van der Waals surface area contributed by atoms with Crippen molar-refractivity contribution in [3.8, 4) is 0 Å². The van der Waals surface area contributed by atoms with Crippen LogP contribution in [0.25, 0.3) is 22.1 Å². The SMILES string of the molecule is COC(=O)c1ccc2c(n1)N(C(=O)Nc1ncc3[nH]ccc3n1)[C@H]1CCN2C1.COC(=O)c1ccc2c(n1)N[C@H]1CCN2C1.Nc1ncc2[nH]ccc2n1. The Labute approximate surface area is 307 Å². The highest BCUT2D eigenvalue weighted by Crippen LogP contribution is 2.39. The lowest BCUT2D eigenvalue weighted by Gasteiger charge is -2.35. The third-order valence-electron chi connectivity index (χ3n) is 9.54. The molecule has 0 radical (unpaired) electrons. The number of hydrogen-bond acceptors (Lipinski definition) is 15. The van der Waals surface area contributed by atoms with Crippen molar-refractivity contribution in [1.29, 1.82) is 0 Å². The summed E-state index contributed by atoms with van der Waals surface area (Å²) in [7, 11) is 2.67. The number of nitrogens with one attached hydrogen (secondary N) is 4. The number of ether oxygens (including phenoxy) is 2. The molecule has 276 valence electrons. The van der Waals surface area contributed by atoms with Gasteiger partial charge in [0.15, 0.2) is 23.0 Å². The van der Waals surface area contributed by atoms with Crippen LogP contribution < -0.4 is 31.1 Å². The van der Waals surface area contributed by atoms with Crippen molar-refractivity contribution in [2.45, 2.75) is 24.9 Å². The Hall–Kier alpha value is -7.05. The number of pyridine rings is 2. The molecule has 10 heterocycles. The Morgan fingerprint density at radius 2 is 1.43 bits per heavy atom. The van der Waals surface area contributed by atoms with Crippen LogP contribution in [0.1, 0.15) is 33.8 Å². The number of esters is 2. The fourth-order valence-electron chi connectivity index (χ4n) is 6.93. The molecule has 6 aromatic heterocycles. The average molecular weight is 733 g/mol. The van der Waals surface area contributed by atoms with E-state index >= 15 is 0 Å². The van der Waals surface area contributed by atoms with E-state index in [4.69, 9.17) is 10.5 Å². The van der Waals surface area contributed by atoms with Gasteiger partial charge >= 0.3 is 18.0 Å². The number of rotatable bonds is 3. The van der Waals surface area contributed by atoms with Crippen LogP contribution in [-0.4, -0.2) is 110 Å². The second kappa shape index (κ2) is 14.2. The maximum Gasteiger partial charge on any atom is 0.356 e. The molecule has 54 heavy (non-hydrogen) atoms. The van der Waals surface area contributed by atoms with E-state index in [2.05, 4.69) is 65.0 Å². The number of aromatic nitrogens is 8. The Bertz CT molecular complexity index is 2380. The predicted octanol–water partition coefficient (Wildman–Crippen LogP) is 3.18. The van der Waals surface area contributed by atoms with Crippen molar-refractivity contribution in [3.05, 3.63) is 72.6 Å². The monoisotopic (exact) mass is 732 g/mol. The van der Waals surface area contributed by atoms with Crippen molar-refractivity contribution >= 4 is 74.9 Å². The van der Waals surface area contributed by atoms with Gasteiger partial charge in [-0.1, -0.05) is 0 Å². The van der Waals surface area contributed by atoms with Crippen molar-refractivity contribution in [2.24, 2.45) is 0 Å². The summed E-state index contributed by atoms with van der Waals surface area (Å²) in [6, 6.07) is 10.8. The highest BCUT2D eigenvalue weighted by molar-refractivity contribution is 6.04. The number of aromatic amines is 2. The van der Waals surface area contributed by atoms with E-state index in [1.54, 1.807) is 47.9 Å². The van der Waals surface area contributed by atoms with Crippen molar-refractivity contribution in [3.63, 3.8) is 0 Å². The molecule has 2 amide bonds. The first-order chi connectivity index (χ1) is 26.3. The summed E-state index contributed by atoms with van der Waals surface area (Å²) in [6.45, 7) is 3.64. The van der Waals surface area contributed by atoms with Gasteiger partial charge in [-0.2, -0.15) is 0 Å². The molecule has 2 saturated heterocycles. The summed E-state index contributed by atoms with van der Waals surface area (Å²) in [5, 5.41) is 6.10. The highest BCUT2D eigenvalue weighted by Gasteiger charge is 2.41. The van der Waals surface area contributed by atoms with Crippen molar-refractivity contribution in [1.82, 2.24) is 39.9 Å². The van der Waals surface area contributed by atoms with Crippen molar-refractivity contribution in [2.75, 3.05) is 71.5 Å². The van der Waals surface area contributed by atoms with Crippen LogP contribution in [0.3, 0.4) is 0 Å². The third kappa shape index (κ3) is 6.57. The van der Waals surface area contributed by atoms with Gasteiger partial charge in [-0.3, -0.25) is 10.2 Å². The second-order valence-corrected chi connectivity index (χ2v) is 12.8. The first kappa shape index (κ1) is 34.1. The quantitative estimate of drug-likeness (QED) is 0.164.